The Labute approximate surface area is 202 Å². The summed E-state index contributed by atoms with van der Waals surface area (Å²) in [5.74, 6) is 0.620. The number of aryl methyl sites for hydroxylation is 1. The van der Waals surface area contributed by atoms with Crippen LogP contribution < -0.4 is 10.0 Å². The normalized spacial score (nSPS) is 23.1. The summed E-state index contributed by atoms with van der Waals surface area (Å²) in [5.41, 5.74) is 2.15. The first-order valence-corrected chi connectivity index (χ1v) is 13.7. The summed E-state index contributed by atoms with van der Waals surface area (Å²) in [5, 5.41) is 4.29. The van der Waals surface area contributed by atoms with E-state index in [1.54, 1.807) is 18.2 Å². The SMILES string of the molecule is Cc1ccccc1C(=O)Nc1ccc(S(=O)(=O)NC(C)C23CCC(CC2)CC3)c2ccccc12. The molecule has 3 aliphatic carbocycles. The molecule has 0 saturated heterocycles. The second kappa shape index (κ2) is 8.82. The van der Waals surface area contributed by atoms with Gasteiger partial charge in [0.1, 0.15) is 0 Å². The number of carbonyl (C=O) groups is 1. The highest BCUT2D eigenvalue weighted by atomic mass is 32.2. The lowest BCUT2D eigenvalue weighted by Gasteiger charge is -2.50. The van der Waals surface area contributed by atoms with Crippen molar-refractivity contribution >= 4 is 32.4 Å². The predicted octanol–water partition coefficient (Wildman–Crippen LogP) is 6.04. The molecule has 1 unspecified atom stereocenters. The van der Waals surface area contributed by atoms with Crippen LogP contribution >= 0.6 is 0 Å². The summed E-state index contributed by atoms with van der Waals surface area (Å²) in [6.45, 7) is 3.93. The predicted molar refractivity (Wildman–Crippen MR) is 136 cm³/mol. The number of carbonyl (C=O) groups excluding carboxylic acids is 1. The summed E-state index contributed by atoms with van der Waals surface area (Å²) in [4.78, 5) is 13.2. The number of amides is 1. The van der Waals surface area contributed by atoms with E-state index < -0.39 is 10.0 Å². The van der Waals surface area contributed by atoms with Gasteiger partial charge < -0.3 is 5.32 Å². The van der Waals surface area contributed by atoms with Gasteiger partial charge in [-0.3, -0.25) is 4.79 Å². The van der Waals surface area contributed by atoms with Crippen LogP contribution in [0, 0.1) is 18.3 Å². The van der Waals surface area contributed by atoms with Gasteiger partial charge in [0.15, 0.2) is 0 Å². The Morgan fingerprint density at radius 1 is 0.912 bits per heavy atom. The van der Waals surface area contributed by atoms with Crippen LogP contribution in [0.1, 0.15) is 61.4 Å². The Morgan fingerprint density at radius 3 is 2.21 bits per heavy atom. The molecule has 3 saturated carbocycles. The number of nitrogens with one attached hydrogen (secondary N) is 2. The lowest BCUT2D eigenvalue weighted by atomic mass is 9.58. The molecule has 1 amide bonds. The maximum absolute atomic E-state index is 13.6. The number of sulfonamides is 1. The minimum atomic E-state index is -3.73. The highest BCUT2D eigenvalue weighted by Gasteiger charge is 2.45. The molecular formula is C28H32N2O3S. The molecule has 0 radical (unpaired) electrons. The number of hydrogen-bond donors (Lipinski definition) is 2. The third kappa shape index (κ3) is 4.14. The molecule has 2 N–H and O–H groups in total. The van der Waals surface area contributed by atoms with Crippen LogP contribution in [0.15, 0.2) is 65.6 Å². The third-order valence-corrected chi connectivity index (χ3v) is 9.81. The van der Waals surface area contributed by atoms with E-state index in [1.165, 1.54) is 19.3 Å². The Balaban J connectivity index is 1.45. The van der Waals surface area contributed by atoms with E-state index in [-0.39, 0.29) is 22.3 Å². The van der Waals surface area contributed by atoms with Gasteiger partial charge in [-0.2, -0.15) is 0 Å². The van der Waals surface area contributed by atoms with Gasteiger partial charge in [0, 0.05) is 28.1 Å². The molecule has 3 aromatic rings. The summed E-state index contributed by atoms with van der Waals surface area (Å²) in [7, 11) is -3.73. The van der Waals surface area contributed by atoms with Crippen molar-refractivity contribution in [3.8, 4) is 0 Å². The monoisotopic (exact) mass is 476 g/mol. The summed E-state index contributed by atoms with van der Waals surface area (Å²) in [6.07, 6.45) is 6.95. The lowest BCUT2D eigenvalue weighted by Crippen LogP contribution is -2.50. The van der Waals surface area contributed by atoms with Crippen molar-refractivity contribution in [2.45, 2.75) is 63.3 Å². The first-order valence-electron chi connectivity index (χ1n) is 12.2. The van der Waals surface area contributed by atoms with E-state index in [0.29, 0.717) is 22.0 Å². The number of rotatable bonds is 6. The molecule has 34 heavy (non-hydrogen) atoms. The van der Waals surface area contributed by atoms with Crippen LogP contribution in [0.2, 0.25) is 0 Å². The molecule has 5 nitrogen and oxygen atoms in total. The van der Waals surface area contributed by atoms with Gasteiger partial charge in [-0.25, -0.2) is 13.1 Å². The van der Waals surface area contributed by atoms with Crippen molar-refractivity contribution in [1.29, 1.82) is 0 Å². The van der Waals surface area contributed by atoms with Crippen molar-refractivity contribution in [3.05, 3.63) is 71.8 Å². The van der Waals surface area contributed by atoms with Gasteiger partial charge in [-0.1, -0.05) is 42.5 Å². The van der Waals surface area contributed by atoms with Gasteiger partial charge >= 0.3 is 0 Å². The van der Waals surface area contributed by atoms with Gasteiger partial charge in [0.2, 0.25) is 10.0 Å². The van der Waals surface area contributed by atoms with Crippen molar-refractivity contribution < 1.29 is 13.2 Å². The van der Waals surface area contributed by atoms with E-state index in [0.717, 1.165) is 30.7 Å². The fourth-order valence-corrected chi connectivity index (χ4v) is 7.54. The molecular weight excluding hydrogens is 444 g/mol. The van der Waals surface area contributed by atoms with Gasteiger partial charge in [0.05, 0.1) is 4.90 Å². The highest BCUT2D eigenvalue weighted by Crippen LogP contribution is 2.52. The Bertz CT molecular complexity index is 1330. The summed E-state index contributed by atoms with van der Waals surface area (Å²) < 4.78 is 30.2. The second-order valence-electron chi connectivity index (χ2n) is 10.1. The van der Waals surface area contributed by atoms with E-state index in [2.05, 4.69) is 10.0 Å². The fourth-order valence-electron chi connectivity index (χ4n) is 5.99. The Kier molecular flexibility index (Phi) is 5.98. The van der Waals surface area contributed by atoms with E-state index in [9.17, 15) is 13.2 Å². The first-order chi connectivity index (χ1) is 16.3. The maximum Gasteiger partial charge on any atom is 0.255 e. The third-order valence-electron chi connectivity index (χ3n) is 8.21. The molecule has 0 spiro atoms. The first kappa shape index (κ1) is 23.1. The van der Waals surface area contributed by atoms with Crippen molar-refractivity contribution in [3.63, 3.8) is 0 Å². The molecule has 0 aliphatic heterocycles. The highest BCUT2D eigenvalue weighted by molar-refractivity contribution is 7.89. The molecule has 6 heteroatoms. The number of fused-ring (bicyclic) bond motifs is 4. The number of anilines is 1. The molecule has 3 aliphatic rings. The molecule has 1 atom stereocenters. The summed E-state index contributed by atoms with van der Waals surface area (Å²) in [6, 6.07) is 18.0. The van der Waals surface area contributed by atoms with Gasteiger partial charge in [-0.05, 0) is 87.5 Å². The van der Waals surface area contributed by atoms with Crippen LogP contribution in [0.3, 0.4) is 0 Å². The molecule has 3 fully saturated rings. The topological polar surface area (TPSA) is 75.3 Å². The minimum Gasteiger partial charge on any atom is -0.321 e. The largest absolute Gasteiger partial charge is 0.321 e. The van der Waals surface area contributed by atoms with Crippen LogP contribution in [0.4, 0.5) is 5.69 Å². The van der Waals surface area contributed by atoms with Gasteiger partial charge in [-0.15, -0.1) is 0 Å². The molecule has 6 rings (SSSR count). The smallest absolute Gasteiger partial charge is 0.255 e. The van der Waals surface area contributed by atoms with Crippen LogP contribution in [-0.4, -0.2) is 20.4 Å². The summed E-state index contributed by atoms with van der Waals surface area (Å²) >= 11 is 0. The van der Waals surface area contributed by atoms with E-state index >= 15 is 0 Å². The molecule has 0 aromatic heterocycles. The Hall–Kier alpha value is -2.70. The minimum absolute atomic E-state index is 0.0685. The zero-order chi connectivity index (χ0) is 23.9. The molecule has 2 bridgehead atoms. The van der Waals surface area contributed by atoms with Crippen molar-refractivity contribution in [2.24, 2.45) is 11.3 Å². The molecule has 3 aromatic carbocycles. The number of hydrogen-bond acceptors (Lipinski definition) is 3. The van der Waals surface area contributed by atoms with E-state index in [4.69, 9.17) is 0 Å². The Morgan fingerprint density at radius 2 is 1.53 bits per heavy atom. The average Bonchev–Trinajstić information content (AvgIpc) is 2.85. The quantitative estimate of drug-likeness (QED) is 0.456. The van der Waals surface area contributed by atoms with Gasteiger partial charge in [0.25, 0.3) is 5.91 Å². The zero-order valence-electron chi connectivity index (χ0n) is 19.8. The molecule has 0 heterocycles. The number of benzene rings is 3. The zero-order valence-corrected chi connectivity index (χ0v) is 20.6. The maximum atomic E-state index is 13.6. The standard InChI is InChI=1S/C28H32N2O3S/c1-19-7-3-4-8-22(19)27(31)29-25-11-12-26(24-10-6-5-9-23(24)25)34(32,33)30-20(2)28-16-13-21(14-17-28)15-18-28/h3-12,20-21,30H,13-18H2,1-2H3,(H,29,31). The van der Waals surface area contributed by atoms with Crippen LogP contribution in [0.5, 0.6) is 0 Å². The van der Waals surface area contributed by atoms with Crippen LogP contribution in [0.25, 0.3) is 10.8 Å². The van der Waals surface area contributed by atoms with Crippen molar-refractivity contribution in [2.75, 3.05) is 5.32 Å². The van der Waals surface area contributed by atoms with E-state index in [1.807, 2.05) is 56.3 Å². The van der Waals surface area contributed by atoms with Crippen LogP contribution in [-0.2, 0) is 10.0 Å². The molecule has 178 valence electrons. The lowest BCUT2D eigenvalue weighted by molar-refractivity contribution is 0.0402. The second-order valence-corrected chi connectivity index (χ2v) is 11.8. The average molecular weight is 477 g/mol. The van der Waals surface area contributed by atoms with Crippen molar-refractivity contribution in [1.82, 2.24) is 4.72 Å². The fraction of sp³-hybridized carbons (Fsp3) is 0.393.